The largest absolute Gasteiger partial charge is 0.481 e. The summed E-state index contributed by atoms with van der Waals surface area (Å²) in [6.45, 7) is 3.67. The minimum atomic E-state index is -0.855. The highest BCUT2D eigenvalue weighted by molar-refractivity contribution is 9.10. The Bertz CT molecular complexity index is 641. The highest BCUT2D eigenvalue weighted by atomic mass is 79.9. The first-order valence-corrected chi connectivity index (χ1v) is 6.99. The van der Waals surface area contributed by atoms with E-state index in [1.165, 1.54) is 0 Å². The van der Waals surface area contributed by atoms with Crippen molar-refractivity contribution in [2.24, 2.45) is 0 Å². The van der Waals surface area contributed by atoms with Crippen LogP contribution in [-0.2, 0) is 10.2 Å². The number of halogens is 1. The van der Waals surface area contributed by atoms with Crippen molar-refractivity contribution in [2.75, 3.05) is 0 Å². The van der Waals surface area contributed by atoms with E-state index in [0.717, 1.165) is 15.7 Å². The summed E-state index contributed by atoms with van der Waals surface area (Å²) in [7, 11) is 0. The second-order valence-corrected chi connectivity index (χ2v) is 6.15. The SMILES string of the molecule is CC(C)(CC(=O)O)c1nccc(-c2cccc(Br)c2)n1. The molecule has 2 rings (SSSR count). The molecule has 1 aromatic heterocycles. The van der Waals surface area contributed by atoms with Crippen molar-refractivity contribution in [2.45, 2.75) is 25.7 Å². The van der Waals surface area contributed by atoms with Gasteiger partial charge in [-0.3, -0.25) is 4.79 Å². The van der Waals surface area contributed by atoms with Crippen LogP contribution in [0.25, 0.3) is 11.3 Å². The Morgan fingerprint density at radius 3 is 2.75 bits per heavy atom. The van der Waals surface area contributed by atoms with E-state index in [0.29, 0.717) is 5.82 Å². The molecule has 0 radical (unpaired) electrons. The number of aromatic nitrogens is 2. The lowest BCUT2D eigenvalue weighted by atomic mass is 9.88. The Hall–Kier alpha value is -1.75. The molecule has 0 unspecified atom stereocenters. The summed E-state index contributed by atoms with van der Waals surface area (Å²) in [5.41, 5.74) is 1.15. The van der Waals surface area contributed by atoms with Gasteiger partial charge in [-0.2, -0.15) is 0 Å². The first kappa shape index (κ1) is 14.7. The number of benzene rings is 1. The number of carboxylic acid groups (broad SMARTS) is 1. The van der Waals surface area contributed by atoms with Gasteiger partial charge in [-0.05, 0) is 18.2 Å². The lowest BCUT2D eigenvalue weighted by Gasteiger charge is -2.20. The summed E-state index contributed by atoms with van der Waals surface area (Å²) in [5, 5.41) is 8.97. The topological polar surface area (TPSA) is 63.1 Å². The van der Waals surface area contributed by atoms with Gasteiger partial charge in [-0.25, -0.2) is 9.97 Å². The molecule has 1 heterocycles. The summed E-state index contributed by atoms with van der Waals surface area (Å²) in [5.74, 6) is -0.316. The molecule has 0 aliphatic rings. The molecule has 1 N–H and O–H groups in total. The molecule has 104 valence electrons. The van der Waals surface area contributed by atoms with Crippen LogP contribution in [0, 0.1) is 0 Å². The van der Waals surface area contributed by atoms with Gasteiger partial charge in [0, 0.05) is 21.6 Å². The average molecular weight is 335 g/mol. The highest BCUT2D eigenvalue weighted by Gasteiger charge is 2.27. The van der Waals surface area contributed by atoms with Crippen molar-refractivity contribution in [1.82, 2.24) is 9.97 Å². The molecule has 0 bridgehead atoms. The second-order valence-electron chi connectivity index (χ2n) is 5.23. The van der Waals surface area contributed by atoms with Crippen molar-refractivity contribution in [3.05, 3.63) is 46.8 Å². The van der Waals surface area contributed by atoms with Gasteiger partial charge < -0.3 is 5.11 Å². The van der Waals surface area contributed by atoms with Crippen LogP contribution in [0.2, 0.25) is 0 Å². The molecule has 0 aliphatic carbocycles. The summed E-state index contributed by atoms with van der Waals surface area (Å²) in [4.78, 5) is 19.7. The van der Waals surface area contributed by atoms with Crippen LogP contribution in [0.3, 0.4) is 0 Å². The van der Waals surface area contributed by atoms with E-state index < -0.39 is 11.4 Å². The molecule has 5 heteroatoms. The molecule has 4 nitrogen and oxygen atoms in total. The van der Waals surface area contributed by atoms with Crippen LogP contribution >= 0.6 is 15.9 Å². The third-order valence-electron chi connectivity index (χ3n) is 2.97. The highest BCUT2D eigenvalue weighted by Crippen LogP contribution is 2.27. The Labute approximate surface area is 126 Å². The van der Waals surface area contributed by atoms with E-state index in [9.17, 15) is 4.79 Å². The third-order valence-corrected chi connectivity index (χ3v) is 3.47. The zero-order chi connectivity index (χ0) is 14.8. The zero-order valence-electron chi connectivity index (χ0n) is 11.3. The maximum Gasteiger partial charge on any atom is 0.304 e. The number of carboxylic acids is 1. The molecule has 0 amide bonds. The van der Waals surface area contributed by atoms with Gasteiger partial charge in [-0.15, -0.1) is 0 Å². The molecular weight excluding hydrogens is 320 g/mol. The molecule has 0 atom stereocenters. The van der Waals surface area contributed by atoms with Crippen molar-refractivity contribution in [3.63, 3.8) is 0 Å². The van der Waals surface area contributed by atoms with Gasteiger partial charge in [0.15, 0.2) is 0 Å². The minimum Gasteiger partial charge on any atom is -0.481 e. The van der Waals surface area contributed by atoms with Gasteiger partial charge in [0.05, 0.1) is 12.1 Å². The van der Waals surface area contributed by atoms with E-state index in [1.807, 2.05) is 44.2 Å². The van der Waals surface area contributed by atoms with Crippen molar-refractivity contribution in [3.8, 4) is 11.3 Å². The van der Waals surface area contributed by atoms with E-state index >= 15 is 0 Å². The van der Waals surface area contributed by atoms with Gasteiger partial charge in [0.2, 0.25) is 0 Å². The van der Waals surface area contributed by atoms with E-state index in [1.54, 1.807) is 6.20 Å². The predicted octanol–water partition coefficient (Wildman–Crippen LogP) is 3.66. The fourth-order valence-corrected chi connectivity index (χ4v) is 2.35. The Morgan fingerprint density at radius 2 is 2.10 bits per heavy atom. The maximum absolute atomic E-state index is 10.9. The van der Waals surface area contributed by atoms with Crippen LogP contribution in [0.15, 0.2) is 41.0 Å². The Balaban J connectivity index is 2.40. The second kappa shape index (κ2) is 5.71. The van der Waals surface area contributed by atoms with Crippen molar-refractivity contribution < 1.29 is 9.90 Å². The number of hydrogen-bond donors (Lipinski definition) is 1. The smallest absolute Gasteiger partial charge is 0.304 e. The molecule has 2 aromatic rings. The Kier molecular flexibility index (Phi) is 4.18. The summed E-state index contributed by atoms with van der Waals surface area (Å²) in [6.07, 6.45) is 1.66. The van der Waals surface area contributed by atoms with E-state index in [2.05, 4.69) is 25.9 Å². The standard InChI is InChI=1S/C15H15BrN2O2/c1-15(2,9-13(19)20)14-17-7-6-12(18-14)10-4-3-5-11(16)8-10/h3-8H,9H2,1-2H3,(H,19,20). The van der Waals surface area contributed by atoms with Gasteiger partial charge in [-0.1, -0.05) is 41.9 Å². The van der Waals surface area contributed by atoms with Gasteiger partial charge in [0.25, 0.3) is 0 Å². The first-order chi connectivity index (χ1) is 9.38. The normalized spacial score (nSPS) is 11.3. The Morgan fingerprint density at radius 1 is 1.35 bits per heavy atom. The average Bonchev–Trinajstić information content (AvgIpc) is 2.37. The summed E-state index contributed by atoms with van der Waals surface area (Å²) >= 11 is 3.43. The van der Waals surface area contributed by atoms with Crippen LogP contribution < -0.4 is 0 Å². The maximum atomic E-state index is 10.9. The molecular formula is C15H15BrN2O2. The summed E-state index contributed by atoms with van der Waals surface area (Å²) in [6, 6.07) is 9.63. The third kappa shape index (κ3) is 3.42. The monoisotopic (exact) mass is 334 g/mol. The lowest BCUT2D eigenvalue weighted by molar-refractivity contribution is -0.138. The molecule has 0 saturated heterocycles. The fraction of sp³-hybridized carbons (Fsp3) is 0.267. The number of carbonyl (C=O) groups is 1. The number of rotatable bonds is 4. The van der Waals surface area contributed by atoms with Crippen LogP contribution in [-0.4, -0.2) is 21.0 Å². The van der Waals surface area contributed by atoms with Gasteiger partial charge in [0.1, 0.15) is 5.82 Å². The number of nitrogens with zero attached hydrogens (tertiary/aromatic N) is 2. The molecule has 20 heavy (non-hydrogen) atoms. The quantitative estimate of drug-likeness (QED) is 0.926. The van der Waals surface area contributed by atoms with Crippen molar-refractivity contribution >= 4 is 21.9 Å². The first-order valence-electron chi connectivity index (χ1n) is 6.20. The molecule has 0 saturated carbocycles. The minimum absolute atomic E-state index is 0.00502. The van der Waals surface area contributed by atoms with Crippen LogP contribution in [0.4, 0.5) is 0 Å². The van der Waals surface area contributed by atoms with Gasteiger partial charge >= 0.3 is 5.97 Å². The lowest BCUT2D eigenvalue weighted by Crippen LogP contribution is -2.24. The molecule has 0 fully saturated rings. The summed E-state index contributed by atoms with van der Waals surface area (Å²) < 4.78 is 0.972. The van der Waals surface area contributed by atoms with Crippen molar-refractivity contribution in [1.29, 1.82) is 0 Å². The molecule has 0 spiro atoms. The number of aliphatic carboxylic acids is 1. The molecule has 1 aromatic carbocycles. The van der Waals surface area contributed by atoms with E-state index in [4.69, 9.17) is 5.11 Å². The van der Waals surface area contributed by atoms with Crippen LogP contribution in [0.1, 0.15) is 26.1 Å². The van der Waals surface area contributed by atoms with Crippen LogP contribution in [0.5, 0.6) is 0 Å². The zero-order valence-corrected chi connectivity index (χ0v) is 12.9. The predicted molar refractivity (Wildman–Crippen MR) is 80.4 cm³/mol. The number of hydrogen-bond acceptors (Lipinski definition) is 3. The molecule has 0 aliphatic heterocycles. The van der Waals surface area contributed by atoms with E-state index in [-0.39, 0.29) is 6.42 Å². The fourth-order valence-electron chi connectivity index (χ4n) is 1.95.